The average molecular weight is 469 g/mol. The second-order valence-electron chi connectivity index (χ2n) is 9.27. The molecule has 1 fully saturated rings. The number of rotatable bonds is 6. The Balaban J connectivity index is 1.47. The van der Waals surface area contributed by atoms with Crippen LogP contribution in [0.15, 0.2) is 42.9 Å². The van der Waals surface area contributed by atoms with Gasteiger partial charge in [0.2, 0.25) is 5.91 Å². The maximum absolute atomic E-state index is 13.5. The van der Waals surface area contributed by atoms with Gasteiger partial charge < -0.3 is 20.4 Å². The van der Waals surface area contributed by atoms with E-state index in [1.807, 2.05) is 29.2 Å². The number of allylic oxidation sites excluding steroid dienone is 1. The fourth-order valence-corrected chi connectivity index (χ4v) is 4.76. The molecule has 2 aliphatic heterocycles. The molecule has 1 unspecified atom stereocenters. The molecule has 0 bridgehead atoms. The first kappa shape index (κ1) is 23.5. The molecule has 0 saturated carbocycles. The fraction of sp³-hybridized carbons (Fsp3) is 0.480. The Hall–Kier alpha value is -2.64. The summed E-state index contributed by atoms with van der Waals surface area (Å²) in [5.41, 5.74) is 3.12. The minimum atomic E-state index is -0.238. The number of hydrogen-bond donors (Lipinski definition) is 2. The van der Waals surface area contributed by atoms with E-state index in [-0.39, 0.29) is 11.8 Å². The molecule has 8 heteroatoms. The molecule has 1 aromatic heterocycles. The van der Waals surface area contributed by atoms with Gasteiger partial charge in [0.25, 0.3) is 0 Å². The van der Waals surface area contributed by atoms with Crippen molar-refractivity contribution < 1.29 is 4.79 Å². The van der Waals surface area contributed by atoms with Gasteiger partial charge in [0, 0.05) is 55.0 Å². The molecule has 33 heavy (non-hydrogen) atoms. The number of aromatic nitrogens is 2. The summed E-state index contributed by atoms with van der Waals surface area (Å²) in [6, 6.07) is 7.93. The van der Waals surface area contributed by atoms with Crippen molar-refractivity contribution in [1.29, 1.82) is 0 Å². The maximum Gasteiger partial charge on any atom is 0.231 e. The van der Waals surface area contributed by atoms with Crippen molar-refractivity contribution in [3.8, 4) is 0 Å². The van der Waals surface area contributed by atoms with E-state index in [0.29, 0.717) is 36.6 Å². The number of carbonyl (C=O) groups excluding carboxylic acids is 1. The van der Waals surface area contributed by atoms with Crippen LogP contribution in [-0.2, 0) is 4.79 Å². The van der Waals surface area contributed by atoms with E-state index in [4.69, 9.17) is 11.6 Å². The lowest BCUT2D eigenvalue weighted by Gasteiger charge is -2.39. The van der Waals surface area contributed by atoms with Crippen molar-refractivity contribution in [3.63, 3.8) is 0 Å². The van der Waals surface area contributed by atoms with E-state index in [9.17, 15) is 4.79 Å². The van der Waals surface area contributed by atoms with Gasteiger partial charge in [-0.2, -0.15) is 0 Å². The summed E-state index contributed by atoms with van der Waals surface area (Å²) in [6.45, 7) is 13.9. The lowest BCUT2D eigenvalue weighted by molar-refractivity contribution is -0.133. The third-order valence-electron chi connectivity index (χ3n) is 6.40. The Labute approximate surface area is 201 Å². The van der Waals surface area contributed by atoms with Gasteiger partial charge in [-0.1, -0.05) is 51.1 Å². The number of halogens is 1. The van der Waals surface area contributed by atoms with Gasteiger partial charge >= 0.3 is 0 Å². The highest BCUT2D eigenvalue weighted by Crippen LogP contribution is 2.39. The second-order valence-corrected chi connectivity index (χ2v) is 9.71. The quantitative estimate of drug-likeness (QED) is 0.667. The predicted octanol–water partition coefficient (Wildman–Crippen LogP) is 3.99. The molecule has 7 nitrogen and oxygen atoms in total. The smallest absolute Gasteiger partial charge is 0.231 e. The molecule has 0 radical (unpaired) electrons. The van der Waals surface area contributed by atoms with E-state index in [0.717, 1.165) is 48.0 Å². The molecule has 1 amide bonds. The SMILES string of the molecule is C=C1CC(C)c2c(ncnc2N2CCN(C(=O)[C@H](CNC(C)C)c3ccc(Cl)cc3)CC2)N1. The van der Waals surface area contributed by atoms with Crippen molar-refractivity contribution in [2.45, 2.75) is 45.1 Å². The molecule has 4 rings (SSSR count). The highest BCUT2D eigenvalue weighted by Gasteiger charge is 2.32. The highest BCUT2D eigenvalue weighted by atomic mass is 35.5. The largest absolute Gasteiger partial charge is 0.353 e. The first-order valence-electron chi connectivity index (χ1n) is 11.7. The van der Waals surface area contributed by atoms with Crippen LogP contribution < -0.4 is 15.5 Å². The molecule has 3 heterocycles. The predicted molar refractivity (Wildman–Crippen MR) is 134 cm³/mol. The maximum atomic E-state index is 13.5. The van der Waals surface area contributed by atoms with E-state index in [1.165, 1.54) is 0 Å². The monoisotopic (exact) mass is 468 g/mol. The van der Waals surface area contributed by atoms with Gasteiger partial charge in [0.1, 0.15) is 18.0 Å². The zero-order chi connectivity index (χ0) is 23.5. The zero-order valence-corrected chi connectivity index (χ0v) is 20.4. The van der Waals surface area contributed by atoms with Gasteiger partial charge in [-0.05, 0) is 30.0 Å². The molecule has 2 N–H and O–H groups in total. The molecule has 2 atom stereocenters. The Morgan fingerprint density at radius 2 is 1.91 bits per heavy atom. The van der Waals surface area contributed by atoms with Crippen molar-refractivity contribution in [2.24, 2.45) is 0 Å². The van der Waals surface area contributed by atoms with Crippen LogP contribution in [0.5, 0.6) is 0 Å². The number of piperazine rings is 1. The number of carbonyl (C=O) groups is 1. The Morgan fingerprint density at radius 1 is 1.21 bits per heavy atom. The second kappa shape index (κ2) is 10.1. The number of fused-ring (bicyclic) bond motifs is 1. The van der Waals surface area contributed by atoms with Crippen LogP contribution in [0, 0.1) is 0 Å². The molecule has 2 aromatic rings. The highest BCUT2D eigenvalue weighted by molar-refractivity contribution is 6.30. The number of anilines is 2. The summed E-state index contributed by atoms with van der Waals surface area (Å²) in [7, 11) is 0. The summed E-state index contributed by atoms with van der Waals surface area (Å²) in [5, 5.41) is 7.41. The van der Waals surface area contributed by atoms with Crippen LogP contribution in [0.3, 0.4) is 0 Å². The topological polar surface area (TPSA) is 73.4 Å². The Kier molecular flexibility index (Phi) is 7.20. The summed E-state index contributed by atoms with van der Waals surface area (Å²) in [4.78, 5) is 26.9. The van der Waals surface area contributed by atoms with Crippen LogP contribution in [0.2, 0.25) is 5.02 Å². The first-order chi connectivity index (χ1) is 15.8. The molecule has 176 valence electrons. The third kappa shape index (κ3) is 5.31. The molecular weight excluding hydrogens is 436 g/mol. The number of hydrogen-bond acceptors (Lipinski definition) is 6. The van der Waals surface area contributed by atoms with Crippen LogP contribution in [0.25, 0.3) is 0 Å². The van der Waals surface area contributed by atoms with Crippen LogP contribution in [0.1, 0.15) is 50.2 Å². The van der Waals surface area contributed by atoms with Crippen LogP contribution in [0.4, 0.5) is 11.6 Å². The van der Waals surface area contributed by atoms with Crippen molar-refractivity contribution in [1.82, 2.24) is 20.2 Å². The molecule has 1 aromatic carbocycles. The van der Waals surface area contributed by atoms with Crippen LogP contribution in [-0.4, -0.2) is 59.5 Å². The lowest BCUT2D eigenvalue weighted by atomic mass is 9.93. The van der Waals surface area contributed by atoms with Gasteiger partial charge in [0.15, 0.2) is 0 Å². The van der Waals surface area contributed by atoms with Gasteiger partial charge in [-0.15, -0.1) is 0 Å². The zero-order valence-electron chi connectivity index (χ0n) is 19.6. The summed E-state index contributed by atoms with van der Waals surface area (Å²) >= 11 is 6.08. The van der Waals surface area contributed by atoms with E-state index >= 15 is 0 Å². The average Bonchev–Trinajstić information content (AvgIpc) is 2.79. The molecule has 2 aliphatic rings. The van der Waals surface area contributed by atoms with E-state index in [2.05, 4.69) is 52.9 Å². The van der Waals surface area contributed by atoms with Gasteiger partial charge in [0.05, 0.1) is 5.92 Å². The molecule has 0 spiro atoms. The minimum Gasteiger partial charge on any atom is -0.353 e. The third-order valence-corrected chi connectivity index (χ3v) is 6.65. The minimum absolute atomic E-state index is 0.154. The fourth-order valence-electron chi connectivity index (χ4n) is 4.64. The van der Waals surface area contributed by atoms with E-state index < -0.39 is 0 Å². The summed E-state index contributed by atoms with van der Waals surface area (Å²) in [6.07, 6.45) is 2.48. The van der Waals surface area contributed by atoms with E-state index in [1.54, 1.807) is 6.33 Å². The number of amides is 1. The van der Waals surface area contributed by atoms with Gasteiger partial charge in [-0.25, -0.2) is 9.97 Å². The lowest BCUT2D eigenvalue weighted by Crippen LogP contribution is -2.51. The standard InChI is InChI=1S/C25H33ClN6O/c1-16(2)27-14-21(19-5-7-20(26)8-6-19)25(33)32-11-9-31(10-12-32)24-22-17(3)13-18(4)30-23(22)28-15-29-24/h5-8,15-17,21,27H,4,9-14H2,1-3H3,(H,28,29,30)/t17?,21-/m1/s1. The Bertz CT molecular complexity index is 1000. The number of nitrogens with zero attached hydrogens (tertiary/aromatic N) is 4. The van der Waals surface area contributed by atoms with Crippen LogP contribution >= 0.6 is 11.6 Å². The molecule has 1 saturated heterocycles. The first-order valence-corrected chi connectivity index (χ1v) is 12.0. The van der Waals surface area contributed by atoms with Crippen molar-refractivity contribution in [2.75, 3.05) is 42.9 Å². The normalized spacial score (nSPS) is 19.3. The molecular formula is C25H33ClN6O. The molecule has 0 aliphatic carbocycles. The van der Waals surface area contributed by atoms with Crippen molar-refractivity contribution >= 4 is 29.1 Å². The summed E-state index contributed by atoms with van der Waals surface area (Å²) < 4.78 is 0. The number of nitrogens with one attached hydrogen (secondary N) is 2. The number of benzene rings is 1. The van der Waals surface area contributed by atoms with Gasteiger partial charge in [-0.3, -0.25) is 4.79 Å². The van der Waals surface area contributed by atoms with Crippen molar-refractivity contribution in [3.05, 3.63) is 59.0 Å². The summed E-state index contributed by atoms with van der Waals surface area (Å²) in [5.74, 6) is 2.04. The Morgan fingerprint density at radius 3 is 2.58 bits per heavy atom.